The Kier molecular flexibility index (Phi) is 4.14. The number of aliphatic hydroxyl groups excluding tert-OH is 1. The Morgan fingerprint density at radius 3 is 2.67 bits per heavy atom. The average molecular weight is 293 g/mol. The molecule has 1 aliphatic rings. The minimum Gasteiger partial charge on any atom is -0.504 e. The maximum atomic E-state index is 11.7. The van der Waals surface area contributed by atoms with Gasteiger partial charge in [-0.05, 0) is 24.6 Å². The van der Waals surface area contributed by atoms with Gasteiger partial charge in [-0.3, -0.25) is 4.79 Å². The van der Waals surface area contributed by atoms with Crippen LogP contribution in [0.4, 0.5) is 0 Å². The summed E-state index contributed by atoms with van der Waals surface area (Å²) in [5, 5.41) is 20.2. The number of aliphatic hydroxyl groups is 1. The predicted molar refractivity (Wildman–Crippen MR) is 79.4 cm³/mol. The van der Waals surface area contributed by atoms with Crippen LogP contribution in [-0.4, -0.2) is 47.3 Å². The molecule has 5 heteroatoms. The van der Waals surface area contributed by atoms with E-state index in [2.05, 4.69) is 0 Å². The topological polar surface area (TPSA) is 70.0 Å². The highest BCUT2D eigenvalue weighted by Gasteiger charge is 2.47. The van der Waals surface area contributed by atoms with Crippen LogP contribution in [0, 0.1) is 5.41 Å². The molecule has 3 atom stereocenters. The Labute approximate surface area is 125 Å². The van der Waals surface area contributed by atoms with Crippen molar-refractivity contribution in [3.63, 3.8) is 0 Å². The van der Waals surface area contributed by atoms with Gasteiger partial charge in [-0.15, -0.1) is 0 Å². The summed E-state index contributed by atoms with van der Waals surface area (Å²) in [6.45, 7) is 6.32. The first kappa shape index (κ1) is 15.6. The number of carbonyl (C=O) groups excluding carboxylic acids is 1. The van der Waals surface area contributed by atoms with Crippen LogP contribution in [-0.2, 0) is 4.79 Å². The quantitative estimate of drug-likeness (QED) is 0.890. The molecule has 0 unspecified atom stereocenters. The van der Waals surface area contributed by atoms with Gasteiger partial charge in [-0.2, -0.15) is 0 Å². The van der Waals surface area contributed by atoms with Gasteiger partial charge in [0.05, 0.1) is 13.2 Å². The molecular weight excluding hydrogens is 270 g/mol. The van der Waals surface area contributed by atoms with E-state index in [0.717, 1.165) is 5.56 Å². The van der Waals surface area contributed by atoms with Gasteiger partial charge in [0.2, 0.25) is 5.91 Å². The molecular formula is C16H23NO4. The number of hydrogen-bond acceptors (Lipinski definition) is 4. The molecule has 0 radical (unpaired) electrons. The van der Waals surface area contributed by atoms with Gasteiger partial charge in [0.25, 0.3) is 0 Å². The number of ether oxygens (including phenoxy) is 1. The smallest absolute Gasteiger partial charge is 0.219 e. The zero-order chi connectivity index (χ0) is 15.8. The third-order valence-electron chi connectivity index (χ3n) is 4.74. The van der Waals surface area contributed by atoms with Crippen LogP contribution >= 0.6 is 0 Å². The van der Waals surface area contributed by atoms with Gasteiger partial charge in [-0.1, -0.05) is 13.0 Å². The first-order valence-corrected chi connectivity index (χ1v) is 7.10. The van der Waals surface area contributed by atoms with E-state index in [0.29, 0.717) is 18.8 Å². The summed E-state index contributed by atoms with van der Waals surface area (Å²) in [5.74, 6) is 0.462. The molecule has 21 heavy (non-hydrogen) atoms. The van der Waals surface area contributed by atoms with Crippen molar-refractivity contribution in [1.82, 2.24) is 4.90 Å². The number of rotatable bonds is 3. The minimum absolute atomic E-state index is 0.00195. The molecule has 1 heterocycles. The van der Waals surface area contributed by atoms with Crippen molar-refractivity contribution < 1.29 is 19.7 Å². The molecule has 1 fully saturated rings. The van der Waals surface area contributed by atoms with Crippen LogP contribution in [0.3, 0.4) is 0 Å². The standard InChI is InChI=1S/C16H23NO4/c1-10(18)16(3)9-17(11(2)19)8-13(16)12-5-6-15(21-4)14(20)7-12/h5-7,10,13,18,20H,8-9H2,1-4H3/t10-,13+,16+/m1/s1. The summed E-state index contributed by atoms with van der Waals surface area (Å²) >= 11 is 0. The highest BCUT2D eigenvalue weighted by Crippen LogP contribution is 2.46. The number of nitrogens with zero attached hydrogens (tertiary/aromatic N) is 1. The van der Waals surface area contributed by atoms with Gasteiger partial charge in [0.1, 0.15) is 0 Å². The van der Waals surface area contributed by atoms with Crippen LogP contribution in [0.1, 0.15) is 32.3 Å². The maximum absolute atomic E-state index is 11.7. The fourth-order valence-corrected chi connectivity index (χ4v) is 3.09. The van der Waals surface area contributed by atoms with Gasteiger partial charge < -0.3 is 19.8 Å². The van der Waals surface area contributed by atoms with Crippen molar-refractivity contribution in [2.24, 2.45) is 5.41 Å². The molecule has 2 rings (SSSR count). The second-order valence-corrected chi connectivity index (χ2v) is 6.07. The Morgan fingerprint density at radius 2 is 2.19 bits per heavy atom. The average Bonchev–Trinajstić information content (AvgIpc) is 2.78. The number of amides is 1. The highest BCUT2D eigenvalue weighted by atomic mass is 16.5. The summed E-state index contributed by atoms with van der Waals surface area (Å²) in [7, 11) is 1.50. The van der Waals surface area contributed by atoms with Crippen molar-refractivity contribution in [3.8, 4) is 11.5 Å². The summed E-state index contributed by atoms with van der Waals surface area (Å²) in [4.78, 5) is 13.4. The normalized spacial score (nSPS) is 26.7. The SMILES string of the molecule is COc1ccc([C@@H]2CN(C(C)=O)C[C@@]2(C)[C@@H](C)O)cc1O. The summed E-state index contributed by atoms with van der Waals surface area (Å²) in [6.07, 6.45) is -0.559. The summed E-state index contributed by atoms with van der Waals surface area (Å²) < 4.78 is 5.06. The summed E-state index contributed by atoms with van der Waals surface area (Å²) in [5.41, 5.74) is 0.465. The minimum atomic E-state index is -0.559. The van der Waals surface area contributed by atoms with Gasteiger partial charge in [-0.25, -0.2) is 0 Å². The Morgan fingerprint density at radius 1 is 1.52 bits per heavy atom. The van der Waals surface area contributed by atoms with E-state index >= 15 is 0 Å². The van der Waals surface area contributed by atoms with Crippen LogP contribution in [0.5, 0.6) is 11.5 Å². The monoisotopic (exact) mass is 293 g/mol. The van der Waals surface area contributed by atoms with E-state index in [1.807, 2.05) is 13.0 Å². The Bertz CT molecular complexity index is 543. The molecule has 116 valence electrons. The fraction of sp³-hybridized carbons (Fsp3) is 0.562. The molecule has 0 aromatic heterocycles. The molecule has 1 aromatic carbocycles. The van der Waals surface area contributed by atoms with Crippen molar-refractivity contribution in [2.75, 3.05) is 20.2 Å². The second-order valence-electron chi connectivity index (χ2n) is 6.07. The zero-order valence-electron chi connectivity index (χ0n) is 13.0. The molecule has 2 N–H and O–H groups in total. The van der Waals surface area contributed by atoms with Crippen molar-refractivity contribution >= 4 is 5.91 Å². The zero-order valence-corrected chi connectivity index (χ0v) is 13.0. The Hall–Kier alpha value is -1.75. The number of methoxy groups -OCH3 is 1. The first-order chi connectivity index (χ1) is 9.79. The molecule has 1 aliphatic heterocycles. The molecule has 1 saturated heterocycles. The van der Waals surface area contributed by atoms with Crippen molar-refractivity contribution in [1.29, 1.82) is 0 Å². The number of carbonyl (C=O) groups is 1. The van der Waals surface area contributed by atoms with Crippen LogP contribution in [0.25, 0.3) is 0 Å². The molecule has 0 saturated carbocycles. The van der Waals surface area contributed by atoms with E-state index < -0.39 is 11.5 Å². The molecule has 0 aliphatic carbocycles. The lowest BCUT2D eigenvalue weighted by Gasteiger charge is -2.33. The molecule has 1 aromatic rings. The molecule has 1 amide bonds. The van der Waals surface area contributed by atoms with E-state index in [4.69, 9.17) is 4.74 Å². The number of likely N-dealkylation sites (tertiary alicyclic amines) is 1. The van der Waals surface area contributed by atoms with Crippen LogP contribution in [0.15, 0.2) is 18.2 Å². The van der Waals surface area contributed by atoms with Gasteiger partial charge in [0.15, 0.2) is 11.5 Å². The lowest BCUT2D eigenvalue weighted by Crippen LogP contribution is -2.37. The third-order valence-corrected chi connectivity index (χ3v) is 4.74. The third kappa shape index (κ3) is 2.70. The second kappa shape index (κ2) is 5.56. The lowest BCUT2D eigenvalue weighted by atomic mass is 9.72. The highest BCUT2D eigenvalue weighted by molar-refractivity contribution is 5.74. The van der Waals surface area contributed by atoms with Crippen molar-refractivity contribution in [2.45, 2.75) is 32.8 Å². The first-order valence-electron chi connectivity index (χ1n) is 7.10. The number of phenols is 1. The number of benzene rings is 1. The summed E-state index contributed by atoms with van der Waals surface area (Å²) in [6, 6.07) is 5.25. The van der Waals surface area contributed by atoms with Crippen molar-refractivity contribution in [3.05, 3.63) is 23.8 Å². The van der Waals surface area contributed by atoms with E-state index in [9.17, 15) is 15.0 Å². The molecule has 0 spiro atoms. The Balaban J connectivity index is 2.40. The number of aromatic hydroxyl groups is 1. The van der Waals surface area contributed by atoms with E-state index in [-0.39, 0.29) is 17.6 Å². The van der Waals surface area contributed by atoms with Crippen LogP contribution < -0.4 is 4.74 Å². The number of hydrogen-bond donors (Lipinski definition) is 2. The van der Waals surface area contributed by atoms with Gasteiger partial charge in [0, 0.05) is 31.3 Å². The van der Waals surface area contributed by atoms with Crippen LogP contribution in [0.2, 0.25) is 0 Å². The largest absolute Gasteiger partial charge is 0.504 e. The molecule has 5 nitrogen and oxygen atoms in total. The fourth-order valence-electron chi connectivity index (χ4n) is 3.09. The lowest BCUT2D eigenvalue weighted by molar-refractivity contribution is -0.128. The number of phenolic OH excluding ortho intramolecular Hbond substituents is 1. The van der Waals surface area contributed by atoms with E-state index in [1.165, 1.54) is 14.0 Å². The van der Waals surface area contributed by atoms with Gasteiger partial charge >= 0.3 is 0 Å². The van der Waals surface area contributed by atoms with E-state index in [1.54, 1.807) is 24.0 Å². The molecule has 0 bridgehead atoms. The predicted octanol–water partition coefficient (Wildman–Crippen LogP) is 1.73. The maximum Gasteiger partial charge on any atom is 0.219 e.